The number of carboxylic acids is 1. The molecule has 0 unspecified atom stereocenters. The number of pyridine rings is 1. The maximum absolute atomic E-state index is 12.1. The summed E-state index contributed by atoms with van der Waals surface area (Å²) in [5, 5.41) is 12.5. The summed E-state index contributed by atoms with van der Waals surface area (Å²) in [6.07, 6.45) is 5.09. The Balaban J connectivity index is 2.04. The number of carbonyl (C=O) groups is 2. The number of hydrogen-bond donors (Lipinski definition) is 2. The van der Waals surface area contributed by atoms with E-state index in [0.717, 1.165) is 25.7 Å². The first kappa shape index (κ1) is 15.8. The van der Waals surface area contributed by atoms with E-state index in [-0.39, 0.29) is 23.3 Å². The molecule has 0 aromatic carbocycles. The quantitative estimate of drug-likeness (QED) is 0.662. The SMILES string of the molecule is O=C(NCC1(C(=O)O)CCCCCC1)c1cccc(Cl)n1. The molecule has 114 valence electrons. The highest BCUT2D eigenvalue weighted by molar-refractivity contribution is 6.29. The van der Waals surface area contributed by atoms with Crippen molar-refractivity contribution < 1.29 is 14.7 Å². The van der Waals surface area contributed by atoms with E-state index < -0.39 is 11.4 Å². The summed E-state index contributed by atoms with van der Waals surface area (Å²) in [4.78, 5) is 27.6. The molecule has 0 aliphatic heterocycles. The zero-order valence-corrected chi connectivity index (χ0v) is 12.5. The number of nitrogens with one attached hydrogen (secondary N) is 1. The van der Waals surface area contributed by atoms with Gasteiger partial charge in [-0.25, -0.2) is 4.98 Å². The van der Waals surface area contributed by atoms with Gasteiger partial charge in [-0.05, 0) is 25.0 Å². The van der Waals surface area contributed by atoms with E-state index in [1.54, 1.807) is 18.2 Å². The average Bonchev–Trinajstić information content (AvgIpc) is 2.71. The molecule has 6 heteroatoms. The van der Waals surface area contributed by atoms with Crippen molar-refractivity contribution in [3.05, 3.63) is 29.0 Å². The van der Waals surface area contributed by atoms with E-state index in [1.807, 2.05) is 0 Å². The second-order valence-corrected chi connectivity index (χ2v) is 5.92. The van der Waals surface area contributed by atoms with Crippen LogP contribution in [0.15, 0.2) is 18.2 Å². The fraction of sp³-hybridized carbons (Fsp3) is 0.533. The van der Waals surface area contributed by atoms with E-state index >= 15 is 0 Å². The van der Waals surface area contributed by atoms with Crippen molar-refractivity contribution >= 4 is 23.5 Å². The predicted molar refractivity (Wildman–Crippen MR) is 79.4 cm³/mol. The van der Waals surface area contributed by atoms with Crippen LogP contribution in [0.2, 0.25) is 5.15 Å². The minimum Gasteiger partial charge on any atom is -0.481 e. The molecule has 1 aromatic heterocycles. The molecule has 1 aliphatic rings. The Labute approximate surface area is 128 Å². The van der Waals surface area contributed by atoms with Gasteiger partial charge < -0.3 is 10.4 Å². The highest BCUT2D eigenvalue weighted by Gasteiger charge is 2.38. The third-order valence-electron chi connectivity index (χ3n) is 4.05. The van der Waals surface area contributed by atoms with Gasteiger partial charge in [-0.1, -0.05) is 43.4 Å². The highest BCUT2D eigenvalue weighted by atomic mass is 35.5. The number of nitrogens with zero attached hydrogens (tertiary/aromatic N) is 1. The number of aromatic nitrogens is 1. The molecule has 2 rings (SSSR count). The van der Waals surface area contributed by atoms with Crippen molar-refractivity contribution in [2.75, 3.05) is 6.54 Å². The molecule has 5 nitrogen and oxygen atoms in total. The summed E-state index contributed by atoms with van der Waals surface area (Å²) in [6, 6.07) is 4.78. The number of carboxylic acid groups (broad SMARTS) is 1. The van der Waals surface area contributed by atoms with Crippen LogP contribution in [0.1, 0.15) is 49.0 Å². The molecule has 1 fully saturated rings. The molecular weight excluding hydrogens is 292 g/mol. The molecule has 0 atom stereocenters. The second kappa shape index (κ2) is 6.89. The molecule has 0 bridgehead atoms. The van der Waals surface area contributed by atoms with Crippen molar-refractivity contribution in [3.8, 4) is 0 Å². The maximum Gasteiger partial charge on any atom is 0.311 e. The van der Waals surface area contributed by atoms with Gasteiger partial charge in [-0.3, -0.25) is 9.59 Å². The first-order chi connectivity index (χ1) is 10.0. The molecule has 1 aromatic rings. The van der Waals surface area contributed by atoms with Gasteiger partial charge in [-0.15, -0.1) is 0 Å². The monoisotopic (exact) mass is 310 g/mol. The average molecular weight is 311 g/mol. The molecule has 1 saturated carbocycles. The van der Waals surface area contributed by atoms with Gasteiger partial charge >= 0.3 is 5.97 Å². The number of amides is 1. The second-order valence-electron chi connectivity index (χ2n) is 5.53. The Morgan fingerprint density at radius 2 is 1.90 bits per heavy atom. The molecule has 0 radical (unpaired) electrons. The number of rotatable bonds is 4. The predicted octanol–water partition coefficient (Wildman–Crippen LogP) is 2.89. The van der Waals surface area contributed by atoms with Crippen LogP contribution in [0, 0.1) is 5.41 Å². The van der Waals surface area contributed by atoms with Gasteiger partial charge in [0, 0.05) is 6.54 Å². The number of aliphatic carboxylic acids is 1. The van der Waals surface area contributed by atoms with Gasteiger partial charge in [0.25, 0.3) is 5.91 Å². The standard InChI is InChI=1S/C15H19ClN2O3/c16-12-7-5-6-11(18-12)13(19)17-10-15(14(20)21)8-3-1-2-4-9-15/h5-7H,1-4,8-10H2,(H,17,19)(H,20,21). The number of halogens is 1. The smallest absolute Gasteiger partial charge is 0.311 e. The molecule has 1 heterocycles. The lowest BCUT2D eigenvalue weighted by Gasteiger charge is -2.28. The summed E-state index contributed by atoms with van der Waals surface area (Å²) in [6.45, 7) is 0.134. The van der Waals surface area contributed by atoms with Crippen LogP contribution in [0.5, 0.6) is 0 Å². The lowest BCUT2D eigenvalue weighted by atomic mass is 9.80. The Hall–Kier alpha value is -1.62. The fourth-order valence-electron chi connectivity index (χ4n) is 2.75. The zero-order chi connectivity index (χ0) is 15.3. The first-order valence-corrected chi connectivity index (χ1v) is 7.55. The van der Waals surface area contributed by atoms with Crippen LogP contribution < -0.4 is 5.32 Å². The van der Waals surface area contributed by atoms with Gasteiger partial charge in [0.05, 0.1) is 5.41 Å². The van der Waals surface area contributed by atoms with Crippen molar-refractivity contribution in [3.63, 3.8) is 0 Å². The molecule has 2 N–H and O–H groups in total. The Morgan fingerprint density at radius 1 is 1.24 bits per heavy atom. The third kappa shape index (κ3) is 3.94. The largest absolute Gasteiger partial charge is 0.481 e. The third-order valence-corrected chi connectivity index (χ3v) is 4.26. The zero-order valence-electron chi connectivity index (χ0n) is 11.8. The van der Waals surface area contributed by atoms with Crippen LogP contribution >= 0.6 is 11.6 Å². The highest BCUT2D eigenvalue weighted by Crippen LogP contribution is 2.34. The maximum atomic E-state index is 12.1. The summed E-state index contributed by atoms with van der Waals surface area (Å²) in [7, 11) is 0. The van der Waals surface area contributed by atoms with Gasteiger partial charge in [0.2, 0.25) is 0 Å². The minimum atomic E-state index is -0.856. The fourth-order valence-corrected chi connectivity index (χ4v) is 2.91. The van der Waals surface area contributed by atoms with E-state index in [4.69, 9.17) is 11.6 Å². The Bertz CT molecular complexity index is 525. The molecule has 1 aliphatic carbocycles. The van der Waals surface area contributed by atoms with Crippen LogP contribution in [0.3, 0.4) is 0 Å². The van der Waals surface area contributed by atoms with Crippen LogP contribution in [0.25, 0.3) is 0 Å². The van der Waals surface area contributed by atoms with Crippen molar-refractivity contribution in [1.82, 2.24) is 10.3 Å². The van der Waals surface area contributed by atoms with Gasteiger partial charge in [-0.2, -0.15) is 0 Å². The molecule has 0 saturated heterocycles. The van der Waals surface area contributed by atoms with E-state index in [2.05, 4.69) is 10.3 Å². The van der Waals surface area contributed by atoms with Gasteiger partial charge in [0.1, 0.15) is 10.8 Å². The summed E-state index contributed by atoms with van der Waals surface area (Å²) >= 11 is 5.75. The summed E-state index contributed by atoms with van der Waals surface area (Å²) < 4.78 is 0. The van der Waals surface area contributed by atoms with E-state index in [9.17, 15) is 14.7 Å². The summed E-state index contributed by atoms with van der Waals surface area (Å²) in [5.74, 6) is -1.22. The van der Waals surface area contributed by atoms with Crippen LogP contribution in [0.4, 0.5) is 0 Å². The molecular formula is C15H19ClN2O3. The van der Waals surface area contributed by atoms with Gasteiger partial charge in [0.15, 0.2) is 0 Å². The topological polar surface area (TPSA) is 79.3 Å². The molecule has 21 heavy (non-hydrogen) atoms. The van der Waals surface area contributed by atoms with Crippen molar-refractivity contribution in [2.24, 2.45) is 5.41 Å². The van der Waals surface area contributed by atoms with E-state index in [1.165, 1.54) is 0 Å². The lowest BCUT2D eigenvalue weighted by Crippen LogP contribution is -2.43. The lowest BCUT2D eigenvalue weighted by molar-refractivity contribution is -0.149. The normalized spacial score (nSPS) is 17.8. The molecule has 0 spiro atoms. The Kier molecular flexibility index (Phi) is 5.17. The first-order valence-electron chi connectivity index (χ1n) is 7.18. The van der Waals surface area contributed by atoms with Crippen molar-refractivity contribution in [1.29, 1.82) is 0 Å². The van der Waals surface area contributed by atoms with E-state index in [0.29, 0.717) is 12.8 Å². The number of hydrogen-bond acceptors (Lipinski definition) is 3. The minimum absolute atomic E-state index is 0.134. The van der Waals surface area contributed by atoms with Crippen LogP contribution in [-0.2, 0) is 4.79 Å². The summed E-state index contributed by atoms with van der Waals surface area (Å²) in [5.41, 5.74) is -0.651. The van der Waals surface area contributed by atoms with Crippen LogP contribution in [-0.4, -0.2) is 28.5 Å². The number of carbonyl (C=O) groups excluding carboxylic acids is 1. The van der Waals surface area contributed by atoms with Crippen molar-refractivity contribution in [2.45, 2.75) is 38.5 Å². The molecule has 1 amide bonds. The Morgan fingerprint density at radius 3 is 2.48 bits per heavy atom.